The topological polar surface area (TPSA) is 74.0 Å². The number of amides is 1. The van der Waals surface area contributed by atoms with Gasteiger partial charge in [-0.1, -0.05) is 12.1 Å². The van der Waals surface area contributed by atoms with Gasteiger partial charge in [-0.3, -0.25) is 19.7 Å². The minimum atomic E-state index is -4.45. The van der Waals surface area contributed by atoms with Crippen molar-refractivity contribution in [2.45, 2.75) is 32.0 Å². The summed E-state index contributed by atoms with van der Waals surface area (Å²) in [6, 6.07) is 10.7. The van der Waals surface area contributed by atoms with Gasteiger partial charge in [0.05, 0.1) is 28.6 Å². The van der Waals surface area contributed by atoms with Gasteiger partial charge in [-0.2, -0.15) is 13.2 Å². The van der Waals surface area contributed by atoms with Crippen molar-refractivity contribution in [1.29, 1.82) is 5.41 Å². The summed E-state index contributed by atoms with van der Waals surface area (Å²) in [4.78, 5) is 17.9. The predicted molar refractivity (Wildman–Crippen MR) is 106 cm³/mol. The van der Waals surface area contributed by atoms with Crippen LogP contribution in [0.25, 0.3) is 16.7 Å². The smallest absolute Gasteiger partial charge is 0.346 e. The van der Waals surface area contributed by atoms with Gasteiger partial charge >= 0.3 is 6.18 Å². The monoisotopic (exact) mass is 415 g/mol. The van der Waals surface area contributed by atoms with E-state index < -0.39 is 17.3 Å². The lowest BCUT2D eigenvalue weighted by Crippen LogP contribution is -2.58. The third-order valence-corrected chi connectivity index (χ3v) is 5.50. The number of fused-ring (bicyclic) bond motifs is 1. The molecule has 1 atom stereocenters. The van der Waals surface area contributed by atoms with Crippen molar-refractivity contribution in [2.75, 3.05) is 7.05 Å². The van der Waals surface area contributed by atoms with Crippen molar-refractivity contribution < 1.29 is 18.0 Å². The third-order valence-electron chi connectivity index (χ3n) is 5.50. The molecule has 30 heavy (non-hydrogen) atoms. The summed E-state index contributed by atoms with van der Waals surface area (Å²) in [5.41, 5.74) is 0.650. The summed E-state index contributed by atoms with van der Waals surface area (Å²) in [6.07, 6.45) is -4.30. The number of nitrogens with zero attached hydrogens (tertiary/aromatic N) is 3. The Labute approximate surface area is 170 Å². The Kier molecular flexibility index (Phi) is 4.37. The zero-order valence-electron chi connectivity index (χ0n) is 16.6. The molecule has 0 bridgehead atoms. The van der Waals surface area contributed by atoms with Crippen LogP contribution in [0.4, 0.5) is 13.2 Å². The largest absolute Gasteiger partial charge is 0.416 e. The predicted octanol–water partition coefficient (Wildman–Crippen LogP) is 3.95. The molecule has 3 aromatic rings. The number of guanidine groups is 1. The number of aryl methyl sites for hydroxylation is 1. The van der Waals surface area contributed by atoms with Gasteiger partial charge in [0.1, 0.15) is 5.82 Å². The standard InChI is InChI=1S/C21H20F3N5O/c1-12-26-16-8-7-14(21(22,23)24)10-17(16)29(12)15-6-4-5-13(9-15)20(2)11-18(30)28(3)19(25)27-20/h4-10H,11H2,1-3H3,(H2,25,27)/t20-/m0/s1. The summed E-state index contributed by atoms with van der Waals surface area (Å²) in [7, 11) is 1.53. The van der Waals surface area contributed by atoms with Crippen LogP contribution >= 0.6 is 0 Å². The normalized spacial score (nSPS) is 20.0. The molecule has 2 N–H and O–H groups in total. The van der Waals surface area contributed by atoms with Gasteiger partial charge in [0.2, 0.25) is 5.91 Å². The number of imidazole rings is 1. The second-order valence-corrected chi connectivity index (χ2v) is 7.68. The molecule has 2 aromatic carbocycles. The van der Waals surface area contributed by atoms with Crippen molar-refractivity contribution in [3.8, 4) is 5.69 Å². The molecular weight excluding hydrogens is 395 g/mol. The van der Waals surface area contributed by atoms with E-state index in [9.17, 15) is 18.0 Å². The van der Waals surface area contributed by atoms with Crippen molar-refractivity contribution in [3.63, 3.8) is 0 Å². The fourth-order valence-corrected chi connectivity index (χ4v) is 3.80. The zero-order valence-corrected chi connectivity index (χ0v) is 16.6. The van der Waals surface area contributed by atoms with Gasteiger partial charge in [0.25, 0.3) is 0 Å². The number of carbonyl (C=O) groups excluding carboxylic acids is 1. The molecule has 1 aromatic heterocycles. The molecule has 0 saturated carbocycles. The first-order valence-electron chi connectivity index (χ1n) is 9.30. The maximum absolute atomic E-state index is 13.2. The first kappa shape index (κ1) is 19.9. The van der Waals surface area contributed by atoms with Crippen LogP contribution in [0.5, 0.6) is 0 Å². The number of hydrogen-bond acceptors (Lipinski definition) is 3. The average Bonchev–Trinajstić information content (AvgIpc) is 3.00. The molecular formula is C21H20F3N5O. The highest BCUT2D eigenvalue weighted by molar-refractivity contribution is 5.98. The molecule has 1 aliphatic heterocycles. The van der Waals surface area contributed by atoms with E-state index in [0.29, 0.717) is 22.5 Å². The fraction of sp³-hybridized carbons (Fsp3) is 0.286. The summed E-state index contributed by atoms with van der Waals surface area (Å²) in [5.74, 6) is 0.357. The number of aromatic nitrogens is 2. The number of nitrogens with one attached hydrogen (secondary N) is 2. The van der Waals surface area contributed by atoms with E-state index in [1.54, 1.807) is 23.6 Å². The Morgan fingerprint density at radius 3 is 2.60 bits per heavy atom. The van der Waals surface area contributed by atoms with Crippen molar-refractivity contribution in [1.82, 2.24) is 19.8 Å². The molecule has 6 nitrogen and oxygen atoms in total. The lowest BCUT2D eigenvalue weighted by Gasteiger charge is -2.39. The lowest BCUT2D eigenvalue weighted by molar-refractivity contribution is -0.137. The number of benzene rings is 2. The van der Waals surface area contributed by atoms with E-state index in [4.69, 9.17) is 5.41 Å². The van der Waals surface area contributed by atoms with Gasteiger partial charge in [0, 0.05) is 12.7 Å². The van der Waals surface area contributed by atoms with E-state index in [2.05, 4.69) is 10.3 Å². The van der Waals surface area contributed by atoms with Gasteiger partial charge in [0.15, 0.2) is 5.96 Å². The SMILES string of the molecule is Cc1nc2ccc(C(F)(F)F)cc2n1-c1cccc([C@]2(C)CC(=O)N(C)C(=N)N2)c1. The van der Waals surface area contributed by atoms with E-state index in [1.807, 2.05) is 19.1 Å². The summed E-state index contributed by atoms with van der Waals surface area (Å²) in [5, 5.41) is 11.1. The molecule has 4 rings (SSSR count). The van der Waals surface area contributed by atoms with E-state index >= 15 is 0 Å². The average molecular weight is 415 g/mol. The Morgan fingerprint density at radius 1 is 1.20 bits per heavy atom. The number of rotatable bonds is 2. The van der Waals surface area contributed by atoms with Crippen LogP contribution in [-0.2, 0) is 16.5 Å². The van der Waals surface area contributed by atoms with Gasteiger partial charge in [-0.25, -0.2) is 4.98 Å². The van der Waals surface area contributed by atoms with Crippen LogP contribution in [-0.4, -0.2) is 33.4 Å². The molecule has 1 aliphatic rings. The Balaban J connectivity index is 1.83. The molecule has 0 radical (unpaired) electrons. The second-order valence-electron chi connectivity index (χ2n) is 7.68. The van der Waals surface area contributed by atoms with Crippen LogP contribution < -0.4 is 5.32 Å². The zero-order chi connectivity index (χ0) is 21.8. The first-order valence-corrected chi connectivity index (χ1v) is 9.30. The van der Waals surface area contributed by atoms with E-state index in [0.717, 1.165) is 17.7 Å². The van der Waals surface area contributed by atoms with Crippen LogP contribution in [0.15, 0.2) is 42.5 Å². The van der Waals surface area contributed by atoms with Crippen molar-refractivity contribution in [2.24, 2.45) is 0 Å². The number of halogens is 3. The highest BCUT2D eigenvalue weighted by Gasteiger charge is 2.38. The Morgan fingerprint density at radius 2 is 1.93 bits per heavy atom. The molecule has 1 amide bonds. The molecule has 2 heterocycles. The fourth-order valence-electron chi connectivity index (χ4n) is 3.80. The highest BCUT2D eigenvalue weighted by Crippen LogP contribution is 2.34. The summed E-state index contributed by atoms with van der Waals surface area (Å²) < 4.78 is 41.3. The summed E-state index contributed by atoms with van der Waals surface area (Å²) in [6.45, 7) is 3.56. The highest BCUT2D eigenvalue weighted by atomic mass is 19.4. The van der Waals surface area contributed by atoms with Crippen LogP contribution in [0, 0.1) is 12.3 Å². The minimum absolute atomic E-state index is 0.00164. The lowest BCUT2D eigenvalue weighted by atomic mass is 9.86. The first-order chi connectivity index (χ1) is 14.0. The van der Waals surface area contributed by atoms with Gasteiger partial charge in [-0.05, 0) is 49.7 Å². The van der Waals surface area contributed by atoms with Crippen LogP contribution in [0.1, 0.15) is 30.3 Å². The Hall–Kier alpha value is -3.36. The van der Waals surface area contributed by atoms with Crippen molar-refractivity contribution >= 4 is 22.9 Å². The summed E-state index contributed by atoms with van der Waals surface area (Å²) >= 11 is 0. The van der Waals surface area contributed by atoms with Gasteiger partial charge < -0.3 is 5.32 Å². The second kappa shape index (κ2) is 6.58. The number of carbonyl (C=O) groups is 1. The maximum atomic E-state index is 13.2. The molecule has 1 fully saturated rings. The molecule has 1 saturated heterocycles. The van der Waals surface area contributed by atoms with Gasteiger partial charge in [-0.15, -0.1) is 0 Å². The molecule has 156 valence electrons. The third kappa shape index (κ3) is 3.20. The molecule has 0 aliphatic carbocycles. The molecule has 0 unspecified atom stereocenters. The number of hydrogen-bond donors (Lipinski definition) is 2. The Bertz CT molecular complexity index is 1160. The minimum Gasteiger partial charge on any atom is -0.346 e. The quantitative estimate of drug-likeness (QED) is 0.666. The van der Waals surface area contributed by atoms with E-state index in [-0.39, 0.29) is 18.3 Å². The van der Waals surface area contributed by atoms with E-state index in [1.165, 1.54) is 18.0 Å². The van der Waals surface area contributed by atoms with Crippen LogP contribution in [0.2, 0.25) is 0 Å². The maximum Gasteiger partial charge on any atom is 0.416 e. The van der Waals surface area contributed by atoms with Crippen LogP contribution in [0.3, 0.4) is 0 Å². The van der Waals surface area contributed by atoms with Crippen molar-refractivity contribution in [3.05, 3.63) is 59.4 Å². The molecule has 0 spiro atoms. The number of alkyl halides is 3. The molecule has 9 heteroatoms.